The van der Waals surface area contributed by atoms with E-state index in [-0.39, 0.29) is 6.04 Å². The summed E-state index contributed by atoms with van der Waals surface area (Å²) in [7, 11) is 0. The Labute approximate surface area is 122 Å². The fourth-order valence-electron chi connectivity index (χ4n) is 2.56. The number of thiazole rings is 1. The molecule has 0 spiro atoms. The summed E-state index contributed by atoms with van der Waals surface area (Å²) in [6.07, 6.45) is 0.747. The lowest BCUT2D eigenvalue weighted by atomic mass is 10.1. The minimum Gasteiger partial charge on any atom is -0.323 e. The van der Waals surface area contributed by atoms with Crippen molar-refractivity contribution in [3.8, 4) is 0 Å². The van der Waals surface area contributed by atoms with Crippen LogP contribution in [0.2, 0.25) is 0 Å². The summed E-state index contributed by atoms with van der Waals surface area (Å²) in [4.78, 5) is 5.43. The number of hydrogen-bond acceptors (Lipinski definition) is 4. The van der Waals surface area contributed by atoms with Crippen LogP contribution in [0.5, 0.6) is 0 Å². The molecule has 0 radical (unpaired) electrons. The Morgan fingerprint density at radius 3 is 2.85 bits per heavy atom. The van der Waals surface area contributed by atoms with E-state index in [9.17, 15) is 0 Å². The highest BCUT2D eigenvalue weighted by Crippen LogP contribution is 2.26. The van der Waals surface area contributed by atoms with Gasteiger partial charge < -0.3 is 5.73 Å². The SMILES string of the molecule is CCn1nc(CC(N)c2scnc2C)c2ccccc21. The highest BCUT2D eigenvalue weighted by molar-refractivity contribution is 7.09. The Morgan fingerprint density at radius 2 is 2.15 bits per heavy atom. The summed E-state index contributed by atoms with van der Waals surface area (Å²) >= 11 is 1.62. The lowest BCUT2D eigenvalue weighted by Gasteiger charge is -2.08. The third-order valence-electron chi connectivity index (χ3n) is 3.57. The average molecular weight is 286 g/mol. The van der Waals surface area contributed by atoms with E-state index in [1.165, 1.54) is 10.9 Å². The molecule has 2 aromatic heterocycles. The maximum atomic E-state index is 6.34. The molecule has 0 aliphatic rings. The van der Waals surface area contributed by atoms with E-state index in [4.69, 9.17) is 10.8 Å². The zero-order chi connectivity index (χ0) is 14.1. The Balaban J connectivity index is 1.97. The Morgan fingerprint density at radius 1 is 1.35 bits per heavy atom. The van der Waals surface area contributed by atoms with Crippen LogP contribution in [0.4, 0.5) is 0 Å². The lowest BCUT2D eigenvalue weighted by Crippen LogP contribution is -2.13. The van der Waals surface area contributed by atoms with Crippen LogP contribution in [0.1, 0.15) is 29.2 Å². The Bertz CT molecular complexity index is 728. The van der Waals surface area contributed by atoms with E-state index < -0.39 is 0 Å². The number of fused-ring (bicyclic) bond motifs is 1. The van der Waals surface area contributed by atoms with Crippen molar-refractivity contribution in [3.05, 3.63) is 46.0 Å². The van der Waals surface area contributed by atoms with Gasteiger partial charge in [0.15, 0.2) is 0 Å². The van der Waals surface area contributed by atoms with Crippen molar-refractivity contribution in [1.82, 2.24) is 14.8 Å². The van der Waals surface area contributed by atoms with Gasteiger partial charge in [0.05, 0.1) is 22.4 Å². The maximum absolute atomic E-state index is 6.34. The number of nitrogens with zero attached hydrogens (tertiary/aromatic N) is 3. The van der Waals surface area contributed by atoms with Crippen molar-refractivity contribution in [2.75, 3.05) is 0 Å². The van der Waals surface area contributed by atoms with Crippen molar-refractivity contribution < 1.29 is 0 Å². The first-order valence-corrected chi connectivity index (χ1v) is 7.68. The number of benzene rings is 1. The highest BCUT2D eigenvalue weighted by atomic mass is 32.1. The molecule has 0 fully saturated rings. The fourth-order valence-corrected chi connectivity index (χ4v) is 3.36. The van der Waals surface area contributed by atoms with Crippen LogP contribution in [-0.2, 0) is 13.0 Å². The van der Waals surface area contributed by atoms with Crippen LogP contribution >= 0.6 is 11.3 Å². The molecule has 1 atom stereocenters. The molecular weight excluding hydrogens is 268 g/mol. The molecule has 1 unspecified atom stereocenters. The molecule has 2 heterocycles. The van der Waals surface area contributed by atoms with Crippen LogP contribution in [0.15, 0.2) is 29.8 Å². The summed E-state index contributed by atoms with van der Waals surface area (Å²) in [5, 5.41) is 5.91. The Hall–Kier alpha value is -1.72. The maximum Gasteiger partial charge on any atom is 0.0798 e. The van der Waals surface area contributed by atoms with E-state index >= 15 is 0 Å². The molecule has 3 aromatic rings. The number of aromatic nitrogens is 3. The number of aryl methyl sites for hydroxylation is 2. The molecule has 0 amide bonds. The first kappa shape index (κ1) is 13.3. The monoisotopic (exact) mass is 286 g/mol. The summed E-state index contributed by atoms with van der Waals surface area (Å²) in [6.45, 7) is 4.99. The summed E-state index contributed by atoms with van der Waals surface area (Å²) < 4.78 is 2.04. The average Bonchev–Trinajstić information content (AvgIpc) is 3.03. The van der Waals surface area contributed by atoms with Crippen molar-refractivity contribution in [2.45, 2.75) is 32.9 Å². The number of para-hydroxylation sites is 1. The predicted molar refractivity (Wildman–Crippen MR) is 82.9 cm³/mol. The van der Waals surface area contributed by atoms with Crippen molar-refractivity contribution in [1.29, 1.82) is 0 Å². The van der Waals surface area contributed by atoms with Crippen molar-refractivity contribution >= 4 is 22.2 Å². The standard InChI is InChI=1S/C15H18N4S/c1-3-19-14-7-5-4-6-11(14)13(18-19)8-12(16)15-10(2)17-9-20-15/h4-7,9,12H,3,8,16H2,1-2H3. The van der Waals surface area contributed by atoms with Crippen LogP contribution in [0.25, 0.3) is 10.9 Å². The second-order valence-electron chi connectivity index (χ2n) is 4.89. The molecule has 20 heavy (non-hydrogen) atoms. The quantitative estimate of drug-likeness (QED) is 0.802. The number of rotatable bonds is 4. The smallest absolute Gasteiger partial charge is 0.0798 e. The van der Waals surface area contributed by atoms with E-state index in [1.807, 2.05) is 23.2 Å². The highest BCUT2D eigenvalue weighted by Gasteiger charge is 2.16. The van der Waals surface area contributed by atoms with Crippen LogP contribution in [0, 0.1) is 6.92 Å². The third kappa shape index (κ3) is 2.23. The summed E-state index contributed by atoms with van der Waals surface area (Å²) in [5.41, 5.74) is 11.5. The van der Waals surface area contributed by atoms with Gasteiger partial charge in [0.25, 0.3) is 0 Å². The van der Waals surface area contributed by atoms with Gasteiger partial charge in [-0.15, -0.1) is 11.3 Å². The third-order valence-corrected chi connectivity index (χ3v) is 4.63. The van der Waals surface area contributed by atoms with Gasteiger partial charge in [0.1, 0.15) is 0 Å². The van der Waals surface area contributed by atoms with Gasteiger partial charge in [-0.3, -0.25) is 4.68 Å². The first-order chi connectivity index (χ1) is 9.70. The first-order valence-electron chi connectivity index (χ1n) is 6.80. The molecule has 1 aromatic carbocycles. The van der Waals surface area contributed by atoms with Gasteiger partial charge in [-0.25, -0.2) is 4.98 Å². The number of hydrogen-bond donors (Lipinski definition) is 1. The molecular formula is C15H18N4S. The normalized spacial score (nSPS) is 12.9. The zero-order valence-electron chi connectivity index (χ0n) is 11.7. The molecule has 5 heteroatoms. The van der Waals surface area contributed by atoms with Gasteiger partial charge in [-0.1, -0.05) is 18.2 Å². The second-order valence-corrected chi connectivity index (χ2v) is 5.78. The van der Waals surface area contributed by atoms with Crippen LogP contribution in [-0.4, -0.2) is 14.8 Å². The molecule has 2 N–H and O–H groups in total. The van der Waals surface area contributed by atoms with Crippen LogP contribution < -0.4 is 5.73 Å². The minimum absolute atomic E-state index is 0.0360. The molecule has 0 saturated heterocycles. The molecule has 0 saturated carbocycles. The summed E-state index contributed by atoms with van der Waals surface area (Å²) in [6, 6.07) is 8.30. The molecule has 4 nitrogen and oxygen atoms in total. The van der Waals surface area contributed by atoms with E-state index in [0.29, 0.717) is 0 Å². The Kier molecular flexibility index (Phi) is 3.54. The second kappa shape index (κ2) is 5.34. The minimum atomic E-state index is -0.0360. The zero-order valence-corrected chi connectivity index (χ0v) is 12.5. The van der Waals surface area contributed by atoms with E-state index in [1.54, 1.807) is 11.3 Å². The van der Waals surface area contributed by atoms with Gasteiger partial charge >= 0.3 is 0 Å². The fraction of sp³-hybridized carbons (Fsp3) is 0.333. The van der Waals surface area contributed by atoms with Crippen molar-refractivity contribution in [3.63, 3.8) is 0 Å². The van der Waals surface area contributed by atoms with Gasteiger partial charge in [-0.2, -0.15) is 5.10 Å². The number of nitrogens with two attached hydrogens (primary N) is 1. The molecule has 0 bridgehead atoms. The summed E-state index contributed by atoms with van der Waals surface area (Å²) in [5.74, 6) is 0. The topological polar surface area (TPSA) is 56.7 Å². The van der Waals surface area contributed by atoms with E-state index in [0.717, 1.165) is 29.2 Å². The molecule has 104 valence electrons. The van der Waals surface area contributed by atoms with Crippen molar-refractivity contribution in [2.24, 2.45) is 5.73 Å². The molecule has 0 aliphatic carbocycles. The van der Waals surface area contributed by atoms with E-state index in [2.05, 4.69) is 30.1 Å². The van der Waals surface area contributed by atoms with Crippen LogP contribution in [0.3, 0.4) is 0 Å². The molecule has 0 aliphatic heterocycles. The van der Waals surface area contributed by atoms with Gasteiger partial charge in [0.2, 0.25) is 0 Å². The lowest BCUT2D eigenvalue weighted by molar-refractivity contribution is 0.643. The predicted octanol–water partition coefficient (Wildman–Crippen LogP) is 3.06. The molecule has 3 rings (SSSR count). The van der Waals surface area contributed by atoms with Gasteiger partial charge in [-0.05, 0) is 19.9 Å². The van der Waals surface area contributed by atoms with Gasteiger partial charge in [0, 0.05) is 29.3 Å². The largest absolute Gasteiger partial charge is 0.323 e.